The summed E-state index contributed by atoms with van der Waals surface area (Å²) < 4.78 is 0. The van der Waals surface area contributed by atoms with Gasteiger partial charge in [0.25, 0.3) is 0 Å². The van der Waals surface area contributed by atoms with E-state index in [4.69, 9.17) is 0 Å². The average molecular weight is 311 g/mol. The molecule has 0 unspecified atom stereocenters. The van der Waals surface area contributed by atoms with E-state index in [0.29, 0.717) is 5.75 Å². The van der Waals surface area contributed by atoms with Crippen molar-refractivity contribution in [1.29, 1.82) is 0 Å². The zero-order chi connectivity index (χ0) is 15.5. The molecule has 0 atom stereocenters. The maximum Gasteiger partial charge on any atom is 0.123 e. The van der Waals surface area contributed by atoms with Crippen molar-refractivity contribution in [2.45, 2.75) is 17.9 Å². The third-order valence-corrected chi connectivity index (χ3v) is 4.86. The summed E-state index contributed by atoms with van der Waals surface area (Å²) >= 11 is 1.89. The number of phenols is 1. The zero-order valence-electron chi connectivity index (χ0n) is 13.0. The molecule has 0 spiro atoms. The van der Waals surface area contributed by atoms with Crippen LogP contribution in [0.25, 0.3) is 5.57 Å². The first-order valence-corrected chi connectivity index (χ1v) is 8.53. The molecular weight excluding hydrogens is 290 g/mol. The molecule has 1 N–H and O–H groups in total. The van der Waals surface area contributed by atoms with Gasteiger partial charge in [-0.3, -0.25) is 0 Å². The van der Waals surface area contributed by atoms with Crippen LogP contribution >= 0.6 is 11.8 Å². The molecule has 3 rings (SSSR count). The number of nitrogens with zero attached hydrogens (tertiary/aromatic N) is 1. The summed E-state index contributed by atoms with van der Waals surface area (Å²) in [4.78, 5) is 3.44. The summed E-state index contributed by atoms with van der Waals surface area (Å²) in [6.07, 6.45) is 3.28. The second-order valence-corrected chi connectivity index (χ2v) is 6.98. The van der Waals surface area contributed by atoms with Crippen LogP contribution in [-0.2, 0) is 6.54 Å². The third kappa shape index (κ3) is 3.21. The average Bonchev–Trinajstić information content (AvgIpc) is 2.71. The predicted octanol–water partition coefficient (Wildman–Crippen LogP) is 4.38. The van der Waals surface area contributed by atoms with Crippen molar-refractivity contribution in [1.82, 2.24) is 4.90 Å². The molecule has 0 amide bonds. The van der Waals surface area contributed by atoms with Gasteiger partial charge in [-0.25, -0.2) is 0 Å². The lowest BCUT2D eigenvalue weighted by atomic mass is 9.94. The highest BCUT2D eigenvalue weighted by Gasteiger charge is 2.16. The van der Waals surface area contributed by atoms with Crippen molar-refractivity contribution in [3.8, 4) is 5.75 Å². The quantitative estimate of drug-likeness (QED) is 0.910. The Bertz CT molecular complexity index is 706. The Morgan fingerprint density at radius 1 is 1.09 bits per heavy atom. The maximum absolute atomic E-state index is 10.4. The largest absolute Gasteiger partial charge is 0.507 e. The first-order valence-electron chi connectivity index (χ1n) is 7.54. The molecule has 2 aromatic carbocycles. The van der Waals surface area contributed by atoms with Crippen LogP contribution in [0.1, 0.15) is 23.1 Å². The van der Waals surface area contributed by atoms with E-state index in [1.807, 2.05) is 23.9 Å². The van der Waals surface area contributed by atoms with E-state index in [1.54, 1.807) is 0 Å². The molecule has 2 nitrogen and oxygen atoms in total. The van der Waals surface area contributed by atoms with Crippen molar-refractivity contribution in [2.75, 3.05) is 19.8 Å². The van der Waals surface area contributed by atoms with Gasteiger partial charge >= 0.3 is 0 Å². The number of aromatic hydroxyl groups is 1. The highest BCUT2D eigenvalue weighted by atomic mass is 32.2. The smallest absolute Gasteiger partial charge is 0.123 e. The fourth-order valence-electron chi connectivity index (χ4n) is 2.81. The number of benzene rings is 2. The highest BCUT2D eigenvalue weighted by Crippen LogP contribution is 2.39. The van der Waals surface area contributed by atoms with Gasteiger partial charge in [0.1, 0.15) is 5.75 Å². The van der Waals surface area contributed by atoms with Gasteiger partial charge in [0.2, 0.25) is 0 Å². The zero-order valence-corrected chi connectivity index (χ0v) is 13.9. The van der Waals surface area contributed by atoms with Gasteiger partial charge in [-0.2, -0.15) is 0 Å². The van der Waals surface area contributed by atoms with E-state index in [-0.39, 0.29) is 0 Å². The summed E-state index contributed by atoms with van der Waals surface area (Å²) in [5.74, 6) is 1.44. The van der Waals surface area contributed by atoms with Gasteiger partial charge in [-0.05, 0) is 55.4 Å². The van der Waals surface area contributed by atoms with Gasteiger partial charge in [-0.15, -0.1) is 11.8 Å². The molecule has 0 bridgehead atoms. The van der Waals surface area contributed by atoms with Crippen LogP contribution < -0.4 is 0 Å². The molecule has 1 heterocycles. The standard InChI is InChI=1S/C19H21NOS/c1-20(2)13-14-9-10-18(21)17(12-14)15-7-5-11-22-19-8-4-3-6-16(15)19/h3-4,6-10,12,21H,5,11,13H2,1-2H3. The molecule has 22 heavy (non-hydrogen) atoms. The normalized spacial score (nSPS) is 14.4. The van der Waals surface area contributed by atoms with E-state index < -0.39 is 0 Å². The summed E-state index contributed by atoms with van der Waals surface area (Å²) in [5, 5.41) is 10.4. The Labute approximate surface area is 136 Å². The van der Waals surface area contributed by atoms with Crippen molar-refractivity contribution < 1.29 is 5.11 Å². The molecule has 114 valence electrons. The van der Waals surface area contributed by atoms with E-state index in [2.05, 4.69) is 55.4 Å². The summed E-state index contributed by atoms with van der Waals surface area (Å²) in [6, 6.07) is 14.4. The number of hydrogen-bond acceptors (Lipinski definition) is 3. The molecule has 0 fully saturated rings. The minimum atomic E-state index is 0.357. The van der Waals surface area contributed by atoms with E-state index in [1.165, 1.54) is 16.0 Å². The number of thioether (sulfide) groups is 1. The molecule has 0 aliphatic carbocycles. The van der Waals surface area contributed by atoms with Gasteiger partial charge in [0.15, 0.2) is 0 Å². The van der Waals surface area contributed by atoms with Gasteiger partial charge in [0, 0.05) is 22.8 Å². The van der Waals surface area contributed by atoms with Crippen molar-refractivity contribution >= 4 is 17.3 Å². The van der Waals surface area contributed by atoms with Crippen LogP contribution in [-0.4, -0.2) is 29.9 Å². The molecular formula is C19H21NOS. The molecule has 0 radical (unpaired) electrons. The van der Waals surface area contributed by atoms with E-state index in [0.717, 1.165) is 29.9 Å². The van der Waals surface area contributed by atoms with Crippen LogP contribution in [0.3, 0.4) is 0 Å². The summed E-state index contributed by atoms with van der Waals surface area (Å²) in [7, 11) is 4.12. The Balaban J connectivity index is 2.08. The first kappa shape index (κ1) is 15.2. The van der Waals surface area contributed by atoms with Crippen molar-refractivity contribution in [3.63, 3.8) is 0 Å². The van der Waals surface area contributed by atoms with Gasteiger partial charge in [0.05, 0.1) is 0 Å². The Morgan fingerprint density at radius 3 is 2.73 bits per heavy atom. The Kier molecular flexibility index (Phi) is 4.55. The fraction of sp³-hybridized carbons (Fsp3) is 0.263. The molecule has 2 aromatic rings. The SMILES string of the molecule is CN(C)Cc1ccc(O)c(C2=CCCSc3ccccc32)c1. The molecule has 0 saturated carbocycles. The second kappa shape index (κ2) is 6.59. The van der Waals surface area contributed by atoms with Crippen LogP contribution in [0, 0.1) is 0 Å². The molecule has 1 aliphatic rings. The van der Waals surface area contributed by atoms with Crippen molar-refractivity contribution in [3.05, 3.63) is 65.2 Å². The van der Waals surface area contributed by atoms with Crippen molar-refractivity contribution in [2.24, 2.45) is 0 Å². The molecule has 3 heteroatoms. The number of rotatable bonds is 3. The molecule has 0 saturated heterocycles. The lowest BCUT2D eigenvalue weighted by molar-refractivity contribution is 0.402. The van der Waals surface area contributed by atoms with Gasteiger partial charge in [-0.1, -0.05) is 30.3 Å². The van der Waals surface area contributed by atoms with Gasteiger partial charge < -0.3 is 10.0 Å². The van der Waals surface area contributed by atoms with E-state index in [9.17, 15) is 5.11 Å². The topological polar surface area (TPSA) is 23.5 Å². The van der Waals surface area contributed by atoms with Crippen LogP contribution in [0.2, 0.25) is 0 Å². The molecule has 0 aromatic heterocycles. The second-order valence-electron chi connectivity index (χ2n) is 5.84. The lowest BCUT2D eigenvalue weighted by Gasteiger charge is -2.15. The number of fused-ring (bicyclic) bond motifs is 1. The number of hydrogen-bond donors (Lipinski definition) is 1. The third-order valence-electron chi connectivity index (χ3n) is 3.75. The first-order chi connectivity index (χ1) is 10.6. The number of phenolic OH excluding ortho intramolecular Hbond substituents is 1. The lowest BCUT2D eigenvalue weighted by Crippen LogP contribution is -2.10. The highest BCUT2D eigenvalue weighted by molar-refractivity contribution is 7.99. The van der Waals surface area contributed by atoms with E-state index >= 15 is 0 Å². The minimum Gasteiger partial charge on any atom is -0.507 e. The molecule has 1 aliphatic heterocycles. The predicted molar refractivity (Wildman–Crippen MR) is 94.4 cm³/mol. The van der Waals surface area contributed by atoms with Crippen LogP contribution in [0.4, 0.5) is 0 Å². The maximum atomic E-state index is 10.4. The Hall–Kier alpha value is -1.71. The monoisotopic (exact) mass is 311 g/mol. The fourth-order valence-corrected chi connectivity index (χ4v) is 3.78. The Morgan fingerprint density at radius 2 is 1.91 bits per heavy atom. The minimum absolute atomic E-state index is 0.357. The summed E-state index contributed by atoms with van der Waals surface area (Å²) in [6.45, 7) is 0.872. The van der Waals surface area contributed by atoms with Crippen LogP contribution in [0.15, 0.2) is 53.4 Å². The van der Waals surface area contributed by atoms with Crippen LogP contribution in [0.5, 0.6) is 5.75 Å². The number of allylic oxidation sites excluding steroid dienone is 1. The summed E-state index contributed by atoms with van der Waals surface area (Å²) in [5.41, 5.74) is 4.53.